The first kappa shape index (κ1) is 17.5. The largest absolute Gasteiger partial charge is 0.486 e. The third-order valence-corrected chi connectivity index (χ3v) is 4.51. The van der Waals surface area contributed by atoms with Crippen LogP contribution in [0.1, 0.15) is 44.5 Å². The van der Waals surface area contributed by atoms with Gasteiger partial charge in [-0.1, -0.05) is 13.3 Å². The highest BCUT2D eigenvalue weighted by Crippen LogP contribution is 2.36. The molecular weight excluding hydrogens is 322 g/mol. The van der Waals surface area contributed by atoms with Crippen molar-refractivity contribution in [3.8, 4) is 11.5 Å². The lowest BCUT2D eigenvalue weighted by Gasteiger charge is -2.20. The van der Waals surface area contributed by atoms with E-state index in [4.69, 9.17) is 20.2 Å². The predicted octanol–water partition coefficient (Wildman–Crippen LogP) is 2.51. The molecule has 1 aliphatic rings. The summed E-state index contributed by atoms with van der Waals surface area (Å²) in [5, 5.41) is 9.66. The summed E-state index contributed by atoms with van der Waals surface area (Å²) in [6, 6.07) is 3.06. The quantitative estimate of drug-likeness (QED) is 0.712. The number of nitrogens with zero attached hydrogens (tertiary/aromatic N) is 2. The smallest absolute Gasteiger partial charge is 0.326 e. The molecule has 136 valence electrons. The SMILES string of the molecule is CCC(C(=O)O)n1c(CCCCCN)nc2cc3c(cc21)OCCO3. The molecule has 7 heteroatoms. The molecule has 1 aromatic carbocycles. The van der Waals surface area contributed by atoms with Gasteiger partial charge in [0.25, 0.3) is 0 Å². The number of nitrogens with two attached hydrogens (primary N) is 1. The number of imidazole rings is 1. The minimum Gasteiger partial charge on any atom is -0.486 e. The molecule has 7 nitrogen and oxygen atoms in total. The van der Waals surface area contributed by atoms with Crippen LogP contribution in [0.4, 0.5) is 0 Å². The summed E-state index contributed by atoms with van der Waals surface area (Å²) in [5.74, 6) is 1.26. The normalized spacial score (nSPS) is 14.6. The molecule has 3 rings (SSSR count). The number of unbranched alkanes of at least 4 members (excludes halogenated alkanes) is 2. The number of carboxylic acid groups (broad SMARTS) is 1. The lowest BCUT2D eigenvalue weighted by atomic mass is 10.1. The van der Waals surface area contributed by atoms with Crippen molar-refractivity contribution < 1.29 is 19.4 Å². The molecule has 0 aliphatic carbocycles. The van der Waals surface area contributed by atoms with Gasteiger partial charge in [0.2, 0.25) is 0 Å². The van der Waals surface area contributed by atoms with Crippen molar-refractivity contribution >= 4 is 17.0 Å². The lowest BCUT2D eigenvalue weighted by Crippen LogP contribution is -2.20. The van der Waals surface area contributed by atoms with E-state index in [1.807, 2.05) is 23.6 Å². The molecule has 25 heavy (non-hydrogen) atoms. The summed E-state index contributed by atoms with van der Waals surface area (Å²) in [7, 11) is 0. The maximum atomic E-state index is 11.8. The van der Waals surface area contributed by atoms with E-state index in [9.17, 15) is 9.90 Å². The van der Waals surface area contributed by atoms with E-state index in [2.05, 4.69) is 0 Å². The molecule has 0 saturated heterocycles. The van der Waals surface area contributed by atoms with Crippen LogP contribution < -0.4 is 15.2 Å². The maximum Gasteiger partial charge on any atom is 0.326 e. The molecule has 0 saturated carbocycles. The Morgan fingerprint density at radius 1 is 1.28 bits per heavy atom. The van der Waals surface area contributed by atoms with Crippen molar-refractivity contribution in [1.29, 1.82) is 0 Å². The first-order valence-corrected chi connectivity index (χ1v) is 8.89. The van der Waals surface area contributed by atoms with Gasteiger partial charge in [-0.2, -0.15) is 0 Å². The van der Waals surface area contributed by atoms with Gasteiger partial charge in [0.1, 0.15) is 25.1 Å². The monoisotopic (exact) mass is 347 g/mol. The van der Waals surface area contributed by atoms with Gasteiger partial charge >= 0.3 is 5.97 Å². The van der Waals surface area contributed by atoms with Crippen molar-refractivity contribution in [3.05, 3.63) is 18.0 Å². The first-order chi connectivity index (χ1) is 12.2. The van der Waals surface area contributed by atoms with Crippen LogP contribution in [-0.2, 0) is 11.2 Å². The van der Waals surface area contributed by atoms with E-state index in [0.29, 0.717) is 37.7 Å². The van der Waals surface area contributed by atoms with Gasteiger partial charge in [-0.25, -0.2) is 9.78 Å². The van der Waals surface area contributed by atoms with Crippen LogP contribution in [0, 0.1) is 0 Å². The number of aromatic nitrogens is 2. The molecule has 2 aromatic rings. The van der Waals surface area contributed by atoms with Crippen LogP contribution in [0.5, 0.6) is 11.5 Å². The summed E-state index contributed by atoms with van der Waals surface area (Å²) >= 11 is 0. The molecule has 0 spiro atoms. The van der Waals surface area contributed by atoms with Gasteiger partial charge in [-0.3, -0.25) is 0 Å². The summed E-state index contributed by atoms with van der Waals surface area (Å²) in [5.41, 5.74) is 7.08. The minimum absolute atomic E-state index is 0.491. The number of hydrogen-bond donors (Lipinski definition) is 2. The average molecular weight is 347 g/mol. The number of rotatable bonds is 8. The second-order valence-corrected chi connectivity index (χ2v) is 6.24. The minimum atomic E-state index is -0.847. The van der Waals surface area contributed by atoms with Gasteiger partial charge in [-0.15, -0.1) is 0 Å². The molecule has 0 bridgehead atoms. The van der Waals surface area contributed by atoms with E-state index < -0.39 is 12.0 Å². The van der Waals surface area contributed by atoms with Crippen molar-refractivity contribution in [2.45, 2.75) is 45.1 Å². The highest BCUT2D eigenvalue weighted by molar-refractivity contribution is 5.83. The topological polar surface area (TPSA) is 99.6 Å². The molecule has 0 amide bonds. The number of hydrogen-bond acceptors (Lipinski definition) is 5. The lowest BCUT2D eigenvalue weighted by molar-refractivity contribution is -0.140. The first-order valence-electron chi connectivity index (χ1n) is 8.89. The van der Waals surface area contributed by atoms with Crippen molar-refractivity contribution in [1.82, 2.24) is 9.55 Å². The summed E-state index contributed by atoms with van der Waals surface area (Å²) < 4.78 is 13.1. The summed E-state index contributed by atoms with van der Waals surface area (Å²) in [4.78, 5) is 16.5. The van der Waals surface area contributed by atoms with Crippen LogP contribution in [-0.4, -0.2) is 40.4 Å². The van der Waals surface area contributed by atoms with Gasteiger partial charge in [0, 0.05) is 18.6 Å². The Bertz CT molecular complexity index is 756. The Morgan fingerprint density at radius 3 is 2.64 bits per heavy atom. The zero-order valence-electron chi connectivity index (χ0n) is 14.5. The Hall–Kier alpha value is -2.28. The highest BCUT2D eigenvalue weighted by Gasteiger charge is 2.25. The third kappa shape index (κ3) is 3.56. The molecule has 1 aliphatic heterocycles. The number of carboxylic acids is 1. The van der Waals surface area contributed by atoms with Crippen LogP contribution in [0.2, 0.25) is 0 Å². The third-order valence-electron chi connectivity index (χ3n) is 4.51. The molecule has 0 radical (unpaired) electrons. The fraction of sp³-hybridized carbons (Fsp3) is 0.556. The number of benzene rings is 1. The molecule has 0 fully saturated rings. The number of carbonyl (C=O) groups is 1. The van der Waals surface area contributed by atoms with Crippen molar-refractivity contribution in [2.24, 2.45) is 5.73 Å². The Labute approximate surface area is 146 Å². The molecule has 2 heterocycles. The van der Waals surface area contributed by atoms with Gasteiger partial charge in [-0.05, 0) is 25.8 Å². The van der Waals surface area contributed by atoms with Crippen LogP contribution in [0.15, 0.2) is 12.1 Å². The zero-order chi connectivity index (χ0) is 17.8. The fourth-order valence-electron chi connectivity index (χ4n) is 3.28. The molecule has 1 atom stereocenters. The molecular formula is C18H25N3O4. The standard InChI is InChI=1S/C18H25N3O4/c1-2-13(18(22)23)21-14-11-16-15(24-8-9-25-16)10-12(14)20-17(21)6-4-3-5-7-19/h10-11,13H,2-9,19H2,1H3,(H,22,23). The number of ether oxygens (including phenoxy) is 2. The van der Waals surface area contributed by atoms with E-state index >= 15 is 0 Å². The highest BCUT2D eigenvalue weighted by atomic mass is 16.6. The average Bonchev–Trinajstić information content (AvgIpc) is 2.94. The van der Waals surface area contributed by atoms with Gasteiger partial charge in [0.05, 0.1) is 11.0 Å². The summed E-state index contributed by atoms with van der Waals surface area (Å²) in [6.07, 6.45) is 4.12. The van der Waals surface area contributed by atoms with Crippen molar-refractivity contribution in [3.63, 3.8) is 0 Å². The number of fused-ring (bicyclic) bond motifs is 2. The van der Waals surface area contributed by atoms with E-state index in [1.54, 1.807) is 0 Å². The van der Waals surface area contributed by atoms with Crippen LogP contribution in [0.25, 0.3) is 11.0 Å². The predicted molar refractivity (Wildman–Crippen MR) is 94.3 cm³/mol. The van der Waals surface area contributed by atoms with Gasteiger partial charge < -0.3 is 24.9 Å². The fourth-order valence-corrected chi connectivity index (χ4v) is 3.28. The number of aryl methyl sites for hydroxylation is 1. The van der Waals surface area contributed by atoms with E-state index in [1.165, 1.54) is 0 Å². The Kier molecular flexibility index (Phi) is 5.43. The zero-order valence-corrected chi connectivity index (χ0v) is 14.5. The molecule has 1 unspecified atom stereocenters. The van der Waals surface area contributed by atoms with Crippen molar-refractivity contribution in [2.75, 3.05) is 19.8 Å². The second kappa shape index (κ2) is 7.74. The number of aliphatic carboxylic acids is 1. The summed E-state index contributed by atoms with van der Waals surface area (Å²) in [6.45, 7) is 3.55. The van der Waals surface area contributed by atoms with Gasteiger partial charge in [0.15, 0.2) is 11.5 Å². The molecule has 3 N–H and O–H groups in total. The Morgan fingerprint density at radius 2 is 2.00 bits per heavy atom. The second-order valence-electron chi connectivity index (χ2n) is 6.24. The van der Waals surface area contributed by atoms with E-state index in [-0.39, 0.29) is 0 Å². The Balaban J connectivity index is 2.04. The van der Waals surface area contributed by atoms with Crippen LogP contribution >= 0.6 is 0 Å². The van der Waals surface area contributed by atoms with Crippen LogP contribution in [0.3, 0.4) is 0 Å². The molecule has 1 aromatic heterocycles. The maximum absolute atomic E-state index is 11.8. The van der Waals surface area contributed by atoms with E-state index in [0.717, 1.165) is 42.5 Å².